The Morgan fingerprint density at radius 1 is 1.50 bits per heavy atom. The van der Waals surface area contributed by atoms with Gasteiger partial charge in [0.15, 0.2) is 0 Å². The molecule has 1 saturated carbocycles. The fourth-order valence-corrected chi connectivity index (χ4v) is 3.59. The molecule has 1 unspecified atom stereocenters. The SMILES string of the molecule is O=C(NC1CC1)C1COCCN1S(=O)(=O)c1cn[nH]c1. The molecule has 8 nitrogen and oxygen atoms in total. The van der Waals surface area contributed by atoms with E-state index in [-0.39, 0.29) is 36.6 Å². The lowest BCUT2D eigenvalue weighted by molar-refractivity contribution is -0.129. The molecule has 2 heterocycles. The molecule has 2 fully saturated rings. The first kappa shape index (κ1) is 13.5. The molecule has 1 saturated heterocycles. The zero-order valence-corrected chi connectivity index (χ0v) is 11.6. The molecule has 0 aromatic carbocycles. The molecule has 2 N–H and O–H groups in total. The van der Waals surface area contributed by atoms with Crippen LogP contribution in [0, 0.1) is 0 Å². The monoisotopic (exact) mass is 300 g/mol. The molecular formula is C11H16N4O4S. The maximum absolute atomic E-state index is 12.5. The van der Waals surface area contributed by atoms with Crippen LogP contribution in [0.15, 0.2) is 17.3 Å². The summed E-state index contributed by atoms with van der Waals surface area (Å²) in [5.41, 5.74) is 0. The molecule has 1 aliphatic carbocycles. The number of ether oxygens (including phenoxy) is 1. The van der Waals surface area contributed by atoms with E-state index in [4.69, 9.17) is 4.74 Å². The summed E-state index contributed by atoms with van der Waals surface area (Å²) in [5, 5.41) is 8.94. The van der Waals surface area contributed by atoms with E-state index < -0.39 is 16.1 Å². The fourth-order valence-electron chi connectivity index (χ4n) is 2.12. The first-order valence-corrected chi connectivity index (χ1v) is 7.92. The molecule has 0 spiro atoms. The fraction of sp³-hybridized carbons (Fsp3) is 0.636. The summed E-state index contributed by atoms with van der Waals surface area (Å²) >= 11 is 0. The number of aromatic nitrogens is 2. The molecule has 110 valence electrons. The van der Waals surface area contributed by atoms with Crippen LogP contribution in [0.25, 0.3) is 0 Å². The lowest BCUT2D eigenvalue weighted by atomic mass is 10.2. The smallest absolute Gasteiger partial charge is 0.247 e. The molecule has 9 heteroatoms. The van der Waals surface area contributed by atoms with Gasteiger partial charge in [0.2, 0.25) is 15.9 Å². The summed E-state index contributed by atoms with van der Waals surface area (Å²) in [6.07, 6.45) is 4.45. The molecule has 1 aromatic rings. The Kier molecular flexibility index (Phi) is 3.48. The van der Waals surface area contributed by atoms with Gasteiger partial charge in [-0.2, -0.15) is 9.40 Å². The van der Waals surface area contributed by atoms with Gasteiger partial charge in [-0.25, -0.2) is 8.42 Å². The van der Waals surface area contributed by atoms with Crippen molar-refractivity contribution in [3.05, 3.63) is 12.4 Å². The quantitative estimate of drug-likeness (QED) is 0.748. The number of aromatic amines is 1. The van der Waals surface area contributed by atoms with E-state index in [9.17, 15) is 13.2 Å². The molecule has 1 aliphatic heterocycles. The Bertz CT molecular complexity index is 582. The van der Waals surface area contributed by atoms with E-state index in [0.717, 1.165) is 12.8 Å². The Labute approximate surface area is 116 Å². The topological polar surface area (TPSA) is 104 Å². The van der Waals surface area contributed by atoms with Crippen molar-refractivity contribution in [2.75, 3.05) is 19.8 Å². The molecule has 1 aromatic heterocycles. The van der Waals surface area contributed by atoms with Crippen molar-refractivity contribution in [2.24, 2.45) is 0 Å². The maximum Gasteiger partial charge on any atom is 0.247 e. The van der Waals surface area contributed by atoms with Gasteiger partial charge in [-0.3, -0.25) is 9.89 Å². The predicted octanol–water partition coefficient (Wildman–Crippen LogP) is -0.922. The standard InChI is InChI=1S/C11H16N4O4S/c16-11(14-8-1-2-8)10-7-19-4-3-15(10)20(17,18)9-5-12-13-6-9/h5-6,8,10H,1-4,7H2,(H,12,13)(H,14,16). The molecule has 0 bridgehead atoms. The summed E-state index contributed by atoms with van der Waals surface area (Å²) in [6.45, 7) is 0.524. The van der Waals surface area contributed by atoms with Gasteiger partial charge in [0, 0.05) is 18.8 Å². The molecule has 0 radical (unpaired) electrons. The van der Waals surface area contributed by atoms with Crippen LogP contribution >= 0.6 is 0 Å². The molecule has 2 aliphatic rings. The summed E-state index contributed by atoms with van der Waals surface area (Å²) in [7, 11) is -3.73. The molecule has 1 atom stereocenters. The van der Waals surface area contributed by atoms with Crippen LogP contribution in [0.2, 0.25) is 0 Å². The van der Waals surface area contributed by atoms with Crippen LogP contribution in [-0.4, -0.2) is 60.7 Å². The van der Waals surface area contributed by atoms with Crippen LogP contribution in [0.3, 0.4) is 0 Å². The number of sulfonamides is 1. The summed E-state index contributed by atoms with van der Waals surface area (Å²) in [5.74, 6) is -0.292. The van der Waals surface area contributed by atoms with Crippen molar-refractivity contribution in [1.82, 2.24) is 19.8 Å². The zero-order valence-electron chi connectivity index (χ0n) is 10.8. The lowest BCUT2D eigenvalue weighted by Gasteiger charge is -2.33. The Morgan fingerprint density at radius 3 is 2.95 bits per heavy atom. The highest BCUT2D eigenvalue weighted by Crippen LogP contribution is 2.22. The highest BCUT2D eigenvalue weighted by Gasteiger charge is 2.40. The number of carbonyl (C=O) groups is 1. The van der Waals surface area contributed by atoms with Gasteiger partial charge in [-0.05, 0) is 12.8 Å². The van der Waals surface area contributed by atoms with Gasteiger partial charge in [0.1, 0.15) is 10.9 Å². The number of nitrogens with one attached hydrogen (secondary N) is 2. The largest absolute Gasteiger partial charge is 0.378 e. The third-order valence-corrected chi connectivity index (χ3v) is 5.26. The van der Waals surface area contributed by atoms with E-state index in [1.165, 1.54) is 16.7 Å². The average molecular weight is 300 g/mol. The van der Waals surface area contributed by atoms with Crippen molar-refractivity contribution in [2.45, 2.75) is 29.8 Å². The van der Waals surface area contributed by atoms with Gasteiger partial charge in [-0.15, -0.1) is 0 Å². The van der Waals surface area contributed by atoms with E-state index in [0.29, 0.717) is 0 Å². The molecule has 20 heavy (non-hydrogen) atoms. The minimum Gasteiger partial charge on any atom is -0.378 e. The van der Waals surface area contributed by atoms with Crippen molar-refractivity contribution in [3.63, 3.8) is 0 Å². The minimum atomic E-state index is -3.73. The number of hydrogen-bond donors (Lipinski definition) is 2. The van der Waals surface area contributed by atoms with Gasteiger partial charge >= 0.3 is 0 Å². The Morgan fingerprint density at radius 2 is 2.30 bits per heavy atom. The van der Waals surface area contributed by atoms with E-state index in [1.807, 2.05) is 0 Å². The normalized spacial score (nSPS) is 24.5. The molecular weight excluding hydrogens is 284 g/mol. The van der Waals surface area contributed by atoms with Crippen LogP contribution in [0.4, 0.5) is 0 Å². The Hall–Kier alpha value is -1.45. The maximum atomic E-state index is 12.5. The van der Waals surface area contributed by atoms with Crippen LogP contribution in [0.1, 0.15) is 12.8 Å². The number of rotatable bonds is 4. The number of nitrogens with zero attached hydrogens (tertiary/aromatic N) is 2. The first-order chi connectivity index (χ1) is 9.59. The van der Waals surface area contributed by atoms with Crippen molar-refractivity contribution < 1.29 is 17.9 Å². The second-order valence-corrected chi connectivity index (χ2v) is 6.81. The van der Waals surface area contributed by atoms with E-state index in [1.54, 1.807) is 0 Å². The van der Waals surface area contributed by atoms with Crippen LogP contribution in [0.5, 0.6) is 0 Å². The zero-order chi connectivity index (χ0) is 14.2. The average Bonchev–Trinajstić information content (AvgIpc) is 3.08. The van der Waals surface area contributed by atoms with Gasteiger partial charge in [-0.1, -0.05) is 0 Å². The lowest BCUT2D eigenvalue weighted by Crippen LogP contribution is -2.56. The number of H-pyrrole nitrogens is 1. The summed E-state index contributed by atoms with van der Waals surface area (Å²) in [6, 6.07) is -0.632. The third-order valence-electron chi connectivity index (χ3n) is 3.39. The second kappa shape index (κ2) is 5.15. The van der Waals surface area contributed by atoms with Gasteiger partial charge in [0.25, 0.3) is 0 Å². The summed E-state index contributed by atoms with van der Waals surface area (Å²) < 4.78 is 31.4. The van der Waals surface area contributed by atoms with Crippen LogP contribution < -0.4 is 5.32 Å². The van der Waals surface area contributed by atoms with Crippen molar-refractivity contribution in [3.8, 4) is 0 Å². The number of amides is 1. The van der Waals surface area contributed by atoms with Gasteiger partial charge in [0.05, 0.1) is 19.4 Å². The highest BCUT2D eigenvalue weighted by atomic mass is 32.2. The van der Waals surface area contributed by atoms with E-state index in [2.05, 4.69) is 15.5 Å². The number of carbonyl (C=O) groups excluding carboxylic acids is 1. The minimum absolute atomic E-state index is 0.0589. The Balaban J connectivity index is 1.82. The van der Waals surface area contributed by atoms with Crippen molar-refractivity contribution >= 4 is 15.9 Å². The first-order valence-electron chi connectivity index (χ1n) is 6.48. The highest BCUT2D eigenvalue weighted by molar-refractivity contribution is 7.89. The number of morpholine rings is 1. The van der Waals surface area contributed by atoms with Crippen LogP contribution in [-0.2, 0) is 19.6 Å². The molecule has 3 rings (SSSR count). The second-order valence-electron chi connectivity index (χ2n) is 4.92. The van der Waals surface area contributed by atoms with E-state index >= 15 is 0 Å². The predicted molar refractivity (Wildman–Crippen MR) is 68.3 cm³/mol. The van der Waals surface area contributed by atoms with Gasteiger partial charge < -0.3 is 10.1 Å². The molecule has 1 amide bonds. The third kappa shape index (κ3) is 2.56. The summed E-state index contributed by atoms with van der Waals surface area (Å²) in [4.78, 5) is 12.2. The van der Waals surface area contributed by atoms with Crippen molar-refractivity contribution in [1.29, 1.82) is 0 Å². The number of hydrogen-bond acceptors (Lipinski definition) is 5.